The van der Waals surface area contributed by atoms with E-state index in [1.807, 2.05) is 20.8 Å². The van der Waals surface area contributed by atoms with Gasteiger partial charge in [-0.1, -0.05) is 61.3 Å². The van der Waals surface area contributed by atoms with Crippen molar-refractivity contribution in [3.63, 3.8) is 0 Å². The minimum Gasteiger partial charge on any atom is -0.354 e. The minimum atomic E-state index is -4.21. The average Bonchev–Trinajstić information content (AvgIpc) is 2.91. The summed E-state index contributed by atoms with van der Waals surface area (Å²) in [7, 11) is -4.21. The van der Waals surface area contributed by atoms with Crippen LogP contribution in [0.2, 0.25) is 5.02 Å². The highest BCUT2D eigenvalue weighted by Gasteiger charge is 2.33. The second-order valence-corrected chi connectivity index (χ2v) is 12.5. The Morgan fingerprint density at radius 2 is 1.57 bits per heavy atom. The first-order valence-corrected chi connectivity index (χ1v) is 14.8. The van der Waals surface area contributed by atoms with Gasteiger partial charge >= 0.3 is 0 Å². The third-order valence-corrected chi connectivity index (χ3v) is 8.45. The van der Waals surface area contributed by atoms with Crippen LogP contribution in [-0.4, -0.2) is 44.3 Å². The molecule has 214 valence electrons. The molecule has 0 saturated heterocycles. The Morgan fingerprint density at radius 3 is 2.17 bits per heavy atom. The van der Waals surface area contributed by atoms with Crippen molar-refractivity contribution < 1.29 is 22.4 Å². The van der Waals surface area contributed by atoms with Crippen molar-refractivity contribution in [2.24, 2.45) is 5.92 Å². The molecule has 1 atom stereocenters. The monoisotopic (exact) mass is 587 g/mol. The molecule has 1 N–H and O–H groups in total. The largest absolute Gasteiger partial charge is 0.354 e. The first kappa shape index (κ1) is 31.1. The summed E-state index contributed by atoms with van der Waals surface area (Å²) in [5, 5.41) is 3.14. The van der Waals surface area contributed by atoms with E-state index in [1.165, 1.54) is 47.4 Å². The standard InChI is InChI=1S/C30H35ClFN3O4S/c1-20(2)17-33-30(37)23(5)34(18-24-9-12-26(32)13-10-24)29(36)19-35(28-16-25(31)11-8-22(28)4)40(38,39)27-14-6-21(3)7-15-27/h6-16,20,23H,17-19H2,1-5H3,(H,33,37)/t23-/m0/s1. The molecule has 2 amide bonds. The molecule has 0 aliphatic rings. The lowest BCUT2D eigenvalue weighted by Gasteiger charge is -2.32. The number of halogens is 2. The first-order chi connectivity index (χ1) is 18.8. The maximum Gasteiger partial charge on any atom is 0.264 e. The molecule has 0 bridgehead atoms. The summed E-state index contributed by atoms with van der Waals surface area (Å²) in [5.41, 5.74) is 2.32. The average molecular weight is 588 g/mol. The van der Waals surface area contributed by atoms with E-state index in [0.29, 0.717) is 22.7 Å². The second kappa shape index (κ2) is 13.3. The lowest BCUT2D eigenvalue weighted by molar-refractivity contribution is -0.139. The van der Waals surface area contributed by atoms with Gasteiger partial charge in [0.2, 0.25) is 11.8 Å². The Labute approximate surface area is 241 Å². The number of nitrogens with zero attached hydrogens (tertiary/aromatic N) is 2. The molecular formula is C30H35ClFN3O4S. The van der Waals surface area contributed by atoms with Gasteiger partial charge in [0.15, 0.2) is 0 Å². The molecule has 3 rings (SSSR count). The molecule has 0 spiro atoms. The number of hydrogen-bond donors (Lipinski definition) is 1. The Balaban J connectivity index is 2.05. The molecule has 3 aromatic rings. The Morgan fingerprint density at radius 1 is 0.950 bits per heavy atom. The van der Waals surface area contributed by atoms with E-state index < -0.39 is 34.3 Å². The third-order valence-electron chi connectivity index (χ3n) is 6.45. The van der Waals surface area contributed by atoms with E-state index >= 15 is 0 Å². The van der Waals surface area contributed by atoms with Crippen molar-refractivity contribution in [2.75, 3.05) is 17.4 Å². The Hall–Kier alpha value is -3.43. The SMILES string of the molecule is Cc1ccc(S(=O)(=O)N(CC(=O)N(Cc2ccc(F)cc2)[C@@H](C)C(=O)NCC(C)C)c2cc(Cl)ccc2C)cc1. The summed E-state index contributed by atoms with van der Waals surface area (Å²) >= 11 is 6.25. The van der Waals surface area contributed by atoms with Gasteiger partial charge < -0.3 is 10.2 Å². The fourth-order valence-corrected chi connectivity index (χ4v) is 5.66. The fraction of sp³-hybridized carbons (Fsp3) is 0.333. The number of hydrogen-bond acceptors (Lipinski definition) is 4. The maximum atomic E-state index is 13.9. The van der Waals surface area contributed by atoms with Gasteiger partial charge in [-0.2, -0.15) is 0 Å². The topological polar surface area (TPSA) is 86.8 Å². The van der Waals surface area contributed by atoms with Crippen LogP contribution in [0.1, 0.15) is 37.5 Å². The summed E-state index contributed by atoms with van der Waals surface area (Å²) in [4.78, 5) is 28.3. The Kier molecular flexibility index (Phi) is 10.3. The lowest BCUT2D eigenvalue weighted by atomic mass is 10.1. The zero-order valence-electron chi connectivity index (χ0n) is 23.3. The van der Waals surface area contributed by atoms with E-state index in [2.05, 4.69) is 5.32 Å². The molecule has 0 heterocycles. The van der Waals surface area contributed by atoms with Crippen LogP contribution in [0.5, 0.6) is 0 Å². The molecular weight excluding hydrogens is 553 g/mol. The van der Waals surface area contributed by atoms with Gasteiger partial charge in [-0.15, -0.1) is 0 Å². The number of sulfonamides is 1. The Bertz CT molecular complexity index is 1440. The highest BCUT2D eigenvalue weighted by Crippen LogP contribution is 2.30. The van der Waals surface area contributed by atoms with Crippen molar-refractivity contribution in [1.82, 2.24) is 10.2 Å². The van der Waals surface area contributed by atoms with Crippen LogP contribution in [-0.2, 0) is 26.2 Å². The summed E-state index contributed by atoms with van der Waals surface area (Å²) < 4.78 is 42.5. The number of amides is 2. The zero-order valence-corrected chi connectivity index (χ0v) is 24.9. The predicted octanol–water partition coefficient (Wildman–Crippen LogP) is 5.48. The van der Waals surface area contributed by atoms with E-state index in [-0.39, 0.29) is 29.0 Å². The molecule has 0 saturated carbocycles. The van der Waals surface area contributed by atoms with Gasteiger partial charge in [0, 0.05) is 18.1 Å². The smallest absolute Gasteiger partial charge is 0.264 e. The van der Waals surface area contributed by atoms with Crippen molar-refractivity contribution in [3.05, 3.63) is 94.3 Å². The summed E-state index contributed by atoms with van der Waals surface area (Å²) in [6, 6.07) is 15.8. The van der Waals surface area contributed by atoms with Gasteiger partial charge in [-0.3, -0.25) is 13.9 Å². The highest BCUT2D eigenvalue weighted by molar-refractivity contribution is 7.92. The van der Waals surface area contributed by atoms with Crippen LogP contribution in [0, 0.1) is 25.6 Å². The van der Waals surface area contributed by atoms with Crippen molar-refractivity contribution in [3.8, 4) is 0 Å². The van der Waals surface area contributed by atoms with Crippen molar-refractivity contribution >= 4 is 39.1 Å². The fourth-order valence-electron chi connectivity index (χ4n) is 4.02. The van der Waals surface area contributed by atoms with Crippen LogP contribution < -0.4 is 9.62 Å². The molecule has 0 fully saturated rings. The predicted molar refractivity (Wildman–Crippen MR) is 156 cm³/mol. The van der Waals surface area contributed by atoms with Crippen LogP contribution in [0.4, 0.5) is 10.1 Å². The van der Waals surface area contributed by atoms with Crippen LogP contribution in [0.25, 0.3) is 0 Å². The van der Waals surface area contributed by atoms with E-state index in [9.17, 15) is 22.4 Å². The quantitative estimate of drug-likeness (QED) is 0.322. The molecule has 10 heteroatoms. The number of rotatable bonds is 11. The number of anilines is 1. The van der Waals surface area contributed by atoms with Crippen LogP contribution in [0.3, 0.4) is 0 Å². The molecule has 40 heavy (non-hydrogen) atoms. The number of carbonyl (C=O) groups excluding carboxylic acids is 2. The summed E-state index contributed by atoms with van der Waals surface area (Å²) in [6.45, 7) is 8.87. The number of benzene rings is 3. The zero-order chi connectivity index (χ0) is 29.6. The van der Waals surface area contributed by atoms with Gasteiger partial charge in [0.25, 0.3) is 10.0 Å². The molecule has 0 unspecified atom stereocenters. The molecule has 0 aliphatic carbocycles. The molecule has 0 aromatic heterocycles. The van der Waals surface area contributed by atoms with E-state index in [0.717, 1.165) is 9.87 Å². The number of carbonyl (C=O) groups is 2. The van der Waals surface area contributed by atoms with Gasteiger partial charge in [0.05, 0.1) is 10.6 Å². The van der Waals surface area contributed by atoms with Gasteiger partial charge in [-0.05, 0) is 74.2 Å². The lowest BCUT2D eigenvalue weighted by Crippen LogP contribution is -2.51. The maximum absolute atomic E-state index is 13.9. The van der Waals surface area contributed by atoms with E-state index in [4.69, 9.17) is 11.6 Å². The normalized spacial score (nSPS) is 12.2. The van der Waals surface area contributed by atoms with Gasteiger partial charge in [0.1, 0.15) is 18.4 Å². The van der Waals surface area contributed by atoms with E-state index in [1.54, 1.807) is 38.1 Å². The first-order valence-electron chi connectivity index (χ1n) is 13.0. The summed E-state index contributed by atoms with van der Waals surface area (Å²) in [6.07, 6.45) is 0. The number of nitrogens with one attached hydrogen (secondary N) is 1. The molecule has 7 nitrogen and oxygen atoms in total. The second-order valence-electron chi connectivity index (χ2n) is 10.2. The molecule has 3 aromatic carbocycles. The summed E-state index contributed by atoms with van der Waals surface area (Å²) in [5.74, 6) is -1.22. The van der Waals surface area contributed by atoms with Crippen molar-refractivity contribution in [2.45, 2.75) is 52.1 Å². The highest BCUT2D eigenvalue weighted by atomic mass is 35.5. The van der Waals surface area contributed by atoms with Crippen LogP contribution >= 0.6 is 11.6 Å². The van der Waals surface area contributed by atoms with Crippen molar-refractivity contribution in [1.29, 1.82) is 0 Å². The number of aryl methyl sites for hydroxylation is 2. The minimum absolute atomic E-state index is 0.0121. The third kappa shape index (κ3) is 7.82. The molecule has 0 radical (unpaired) electrons. The molecule has 0 aliphatic heterocycles. The van der Waals surface area contributed by atoms with Crippen LogP contribution in [0.15, 0.2) is 71.6 Å². The van der Waals surface area contributed by atoms with Gasteiger partial charge in [-0.25, -0.2) is 12.8 Å².